The second-order valence-electron chi connectivity index (χ2n) is 4.00. The molecule has 2 rings (SSSR count). The number of nitrogens with zero attached hydrogens (tertiary/aromatic N) is 2. The Hall–Kier alpha value is -1.13. The zero-order chi connectivity index (χ0) is 12.4. The third-order valence-electron chi connectivity index (χ3n) is 3.01. The van der Waals surface area contributed by atoms with Gasteiger partial charge in [-0.25, -0.2) is 0 Å². The molecule has 90 valence electrons. The molecular formula is C13H16BrN3. The topological polar surface area (TPSA) is 43.8 Å². The van der Waals surface area contributed by atoms with Gasteiger partial charge >= 0.3 is 0 Å². The maximum absolute atomic E-state index is 6.33. The molecule has 0 bridgehead atoms. The average molecular weight is 294 g/mol. The standard InChI is InChI=1S/C13H16BrN3/c1-3-17-12(7-8-16-17)13(15)10-5-4-6-11(14)9(10)2/h4-8,13H,3,15H2,1-2H3. The summed E-state index contributed by atoms with van der Waals surface area (Å²) in [6.45, 7) is 4.98. The second-order valence-corrected chi connectivity index (χ2v) is 4.86. The highest BCUT2D eigenvalue weighted by Gasteiger charge is 2.16. The van der Waals surface area contributed by atoms with E-state index in [0.717, 1.165) is 22.3 Å². The lowest BCUT2D eigenvalue weighted by molar-refractivity contribution is 0.600. The number of rotatable bonds is 3. The molecule has 2 aromatic rings. The molecule has 0 saturated heterocycles. The summed E-state index contributed by atoms with van der Waals surface area (Å²) in [5, 5.41) is 4.26. The number of hydrogen-bond donors (Lipinski definition) is 1. The van der Waals surface area contributed by atoms with E-state index in [0.29, 0.717) is 0 Å². The molecular weight excluding hydrogens is 278 g/mol. The summed E-state index contributed by atoms with van der Waals surface area (Å²) in [7, 11) is 0. The molecule has 0 spiro atoms. The molecule has 0 amide bonds. The SMILES string of the molecule is CCn1nccc1C(N)c1cccc(Br)c1C. The van der Waals surface area contributed by atoms with E-state index in [1.807, 2.05) is 22.9 Å². The van der Waals surface area contributed by atoms with Crippen molar-refractivity contribution in [1.82, 2.24) is 9.78 Å². The first-order valence-electron chi connectivity index (χ1n) is 5.67. The molecule has 1 aromatic carbocycles. The molecule has 3 nitrogen and oxygen atoms in total. The van der Waals surface area contributed by atoms with Crippen LogP contribution in [-0.2, 0) is 6.54 Å². The molecule has 0 aliphatic carbocycles. The highest BCUT2D eigenvalue weighted by atomic mass is 79.9. The van der Waals surface area contributed by atoms with E-state index in [1.54, 1.807) is 6.20 Å². The minimum absolute atomic E-state index is 0.130. The summed E-state index contributed by atoms with van der Waals surface area (Å²) in [5.74, 6) is 0. The Morgan fingerprint density at radius 3 is 2.88 bits per heavy atom. The van der Waals surface area contributed by atoms with E-state index >= 15 is 0 Å². The van der Waals surface area contributed by atoms with Crippen LogP contribution < -0.4 is 5.73 Å². The van der Waals surface area contributed by atoms with Gasteiger partial charge in [0, 0.05) is 17.2 Å². The maximum atomic E-state index is 6.33. The molecule has 1 atom stereocenters. The summed E-state index contributed by atoms with van der Waals surface area (Å²) < 4.78 is 3.03. The van der Waals surface area contributed by atoms with E-state index in [9.17, 15) is 0 Å². The molecule has 0 radical (unpaired) electrons. The summed E-state index contributed by atoms with van der Waals surface area (Å²) in [6.07, 6.45) is 1.80. The van der Waals surface area contributed by atoms with Crippen molar-refractivity contribution in [3.8, 4) is 0 Å². The van der Waals surface area contributed by atoms with E-state index in [-0.39, 0.29) is 6.04 Å². The zero-order valence-electron chi connectivity index (χ0n) is 10.0. The molecule has 1 aromatic heterocycles. The quantitative estimate of drug-likeness (QED) is 0.945. The second kappa shape index (κ2) is 5.02. The van der Waals surface area contributed by atoms with Crippen LogP contribution in [0.25, 0.3) is 0 Å². The van der Waals surface area contributed by atoms with Crippen molar-refractivity contribution in [1.29, 1.82) is 0 Å². The Morgan fingerprint density at radius 1 is 1.41 bits per heavy atom. The lowest BCUT2D eigenvalue weighted by Crippen LogP contribution is -2.18. The van der Waals surface area contributed by atoms with Crippen molar-refractivity contribution in [2.75, 3.05) is 0 Å². The number of aromatic nitrogens is 2. The Morgan fingerprint density at radius 2 is 2.18 bits per heavy atom. The van der Waals surface area contributed by atoms with Gasteiger partial charge in [-0.05, 0) is 37.1 Å². The summed E-state index contributed by atoms with van der Waals surface area (Å²) >= 11 is 3.54. The number of nitrogens with two attached hydrogens (primary N) is 1. The molecule has 0 aliphatic rings. The van der Waals surface area contributed by atoms with Gasteiger partial charge in [-0.15, -0.1) is 0 Å². The van der Waals surface area contributed by atoms with Crippen molar-refractivity contribution in [3.05, 3.63) is 51.8 Å². The van der Waals surface area contributed by atoms with Gasteiger partial charge in [0.05, 0.1) is 11.7 Å². The molecule has 1 heterocycles. The Labute approximate surface area is 110 Å². The molecule has 0 saturated carbocycles. The predicted octanol–water partition coefficient (Wildman–Crippen LogP) is 3.02. The lowest BCUT2D eigenvalue weighted by Gasteiger charge is -2.16. The van der Waals surface area contributed by atoms with Crippen LogP contribution in [0.3, 0.4) is 0 Å². The third kappa shape index (κ3) is 2.28. The van der Waals surface area contributed by atoms with E-state index in [2.05, 4.69) is 40.9 Å². The smallest absolute Gasteiger partial charge is 0.0726 e. The monoisotopic (exact) mass is 293 g/mol. The van der Waals surface area contributed by atoms with E-state index in [4.69, 9.17) is 5.73 Å². The van der Waals surface area contributed by atoms with Gasteiger partial charge in [0.1, 0.15) is 0 Å². The maximum Gasteiger partial charge on any atom is 0.0726 e. The van der Waals surface area contributed by atoms with Gasteiger partial charge in [-0.2, -0.15) is 5.10 Å². The normalized spacial score (nSPS) is 12.7. The number of benzene rings is 1. The van der Waals surface area contributed by atoms with Crippen LogP contribution in [0.2, 0.25) is 0 Å². The van der Waals surface area contributed by atoms with Gasteiger partial charge in [0.2, 0.25) is 0 Å². The first-order chi connectivity index (χ1) is 8.15. The number of aryl methyl sites for hydroxylation is 1. The Balaban J connectivity index is 2.44. The van der Waals surface area contributed by atoms with Crippen LogP contribution in [-0.4, -0.2) is 9.78 Å². The molecule has 2 N–H and O–H groups in total. The first kappa shape index (κ1) is 12.3. The molecule has 4 heteroatoms. The fraction of sp³-hybridized carbons (Fsp3) is 0.308. The molecule has 0 fully saturated rings. The summed E-state index contributed by atoms with van der Waals surface area (Å²) in [4.78, 5) is 0. The highest BCUT2D eigenvalue weighted by molar-refractivity contribution is 9.10. The van der Waals surface area contributed by atoms with Crippen LogP contribution in [0.5, 0.6) is 0 Å². The highest BCUT2D eigenvalue weighted by Crippen LogP contribution is 2.27. The van der Waals surface area contributed by atoms with Crippen molar-refractivity contribution in [3.63, 3.8) is 0 Å². The van der Waals surface area contributed by atoms with Gasteiger partial charge < -0.3 is 5.73 Å². The lowest BCUT2D eigenvalue weighted by atomic mass is 9.99. The van der Waals surface area contributed by atoms with E-state index < -0.39 is 0 Å². The number of halogens is 1. The van der Waals surface area contributed by atoms with Crippen LogP contribution in [0.1, 0.15) is 29.8 Å². The van der Waals surface area contributed by atoms with Crippen molar-refractivity contribution >= 4 is 15.9 Å². The van der Waals surface area contributed by atoms with Crippen LogP contribution in [0, 0.1) is 6.92 Å². The summed E-state index contributed by atoms with van der Waals surface area (Å²) in [6, 6.07) is 7.96. The summed E-state index contributed by atoms with van der Waals surface area (Å²) in [5.41, 5.74) is 9.69. The minimum Gasteiger partial charge on any atom is -0.319 e. The van der Waals surface area contributed by atoms with Crippen molar-refractivity contribution in [2.45, 2.75) is 26.4 Å². The fourth-order valence-electron chi connectivity index (χ4n) is 1.99. The van der Waals surface area contributed by atoms with Gasteiger partial charge in [0.25, 0.3) is 0 Å². The van der Waals surface area contributed by atoms with Gasteiger partial charge in [0.15, 0.2) is 0 Å². The van der Waals surface area contributed by atoms with Gasteiger partial charge in [-0.3, -0.25) is 4.68 Å². The molecule has 1 unspecified atom stereocenters. The first-order valence-corrected chi connectivity index (χ1v) is 6.46. The fourth-order valence-corrected chi connectivity index (χ4v) is 2.37. The average Bonchev–Trinajstić information content (AvgIpc) is 2.80. The van der Waals surface area contributed by atoms with E-state index in [1.165, 1.54) is 5.56 Å². The van der Waals surface area contributed by atoms with Crippen LogP contribution >= 0.6 is 15.9 Å². The van der Waals surface area contributed by atoms with Crippen LogP contribution in [0.4, 0.5) is 0 Å². The Bertz CT molecular complexity index is 519. The largest absolute Gasteiger partial charge is 0.319 e. The molecule has 17 heavy (non-hydrogen) atoms. The number of hydrogen-bond acceptors (Lipinski definition) is 2. The molecule has 0 aliphatic heterocycles. The zero-order valence-corrected chi connectivity index (χ0v) is 11.6. The Kier molecular flexibility index (Phi) is 3.64. The predicted molar refractivity (Wildman–Crippen MR) is 72.8 cm³/mol. The van der Waals surface area contributed by atoms with Crippen LogP contribution in [0.15, 0.2) is 34.9 Å². The minimum atomic E-state index is -0.130. The van der Waals surface area contributed by atoms with Crippen molar-refractivity contribution in [2.24, 2.45) is 5.73 Å². The van der Waals surface area contributed by atoms with Gasteiger partial charge in [-0.1, -0.05) is 28.1 Å². The van der Waals surface area contributed by atoms with Crippen molar-refractivity contribution < 1.29 is 0 Å². The third-order valence-corrected chi connectivity index (χ3v) is 3.87.